The number of amides is 1. The summed E-state index contributed by atoms with van der Waals surface area (Å²) in [4.78, 5) is 23.0. The molecule has 0 saturated heterocycles. The summed E-state index contributed by atoms with van der Waals surface area (Å²) in [6, 6.07) is 8.38. The molecule has 0 unspecified atom stereocenters. The minimum atomic E-state index is -0.159. The minimum Gasteiger partial charge on any atom is -0.351 e. The van der Waals surface area contributed by atoms with Crippen molar-refractivity contribution in [1.29, 1.82) is 0 Å². The first-order valence-electron chi connectivity index (χ1n) is 8.61. The molecule has 3 rings (SSSR count). The highest BCUT2D eigenvalue weighted by Gasteiger charge is 2.19. The van der Waals surface area contributed by atoms with Crippen LogP contribution in [0.2, 0.25) is 0 Å². The van der Waals surface area contributed by atoms with Gasteiger partial charge in [0.15, 0.2) is 5.82 Å². The first-order valence-corrected chi connectivity index (χ1v) is 8.61. The number of hydrogen-bond acceptors (Lipinski definition) is 4. The van der Waals surface area contributed by atoms with Crippen LogP contribution in [0.4, 0.5) is 11.5 Å². The van der Waals surface area contributed by atoms with Crippen LogP contribution in [0.3, 0.4) is 0 Å². The number of nitrogens with zero attached hydrogens (tertiary/aromatic N) is 3. The van der Waals surface area contributed by atoms with Crippen LogP contribution in [0, 0.1) is 5.92 Å². The Kier molecular flexibility index (Phi) is 5.08. The maximum absolute atomic E-state index is 12.1. The van der Waals surface area contributed by atoms with Gasteiger partial charge in [-0.25, -0.2) is 9.97 Å². The van der Waals surface area contributed by atoms with Gasteiger partial charge < -0.3 is 10.2 Å². The molecule has 5 nitrogen and oxygen atoms in total. The first kappa shape index (κ1) is 16.4. The van der Waals surface area contributed by atoms with E-state index in [-0.39, 0.29) is 5.91 Å². The Labute approximate surface area is 143 Å². The first-order chi connectivity index (χ1) is 11.6. The van der Waals surface area contributed by atoms with Gasteiger partial charge in [-0.05, 0) is 36.8 Å². The fourth-order valence-corrected chi connectivity index (χ4v) is 2.91. The summed E-state index contributed by atoms with van der Waals surface area (Å²) in [5.41, 5.74) is 2.89. The third kappa shape index (κ3) is 3.72. The molecule has 0 radical (unpaired) electrons. The quantitative estimate of drug-likeness (QED) is 0.916. The van der Waals surface area contributed by atoms with E-state index in [9.17, 15) is 4.79 Å². The molecule has 0 saturated carbocycles. The Morgan fingerprint density at radius 3 is 2.83 bits per heavy atom. The maximum atomic E-state index is 12.1. The van der Waals surface area contributed by atoms with E-state index < -0.39 is 0 Å². The van der Waals surface area contributed by atoms with E-state index in [2.05, 4.69) is 52.2 Å². The molecule has 2 aromatic rings. The van der Waals surface area contributed by atoms with Gasteiger partial charge >= 0.3 is 0 Å². The normalized spacial score (nSPS) is 13.7. The van der Waals surface area contributed by atoms with Gasteiger partial charge in [0.25, 0.3) is 5.91 Å². The fraction of sp³-hybridized carbons (Fsp3) is 0.421. The van der Waals surface area contributed by atoms with E-state index in [0.717, 1.165) is 31.6 Å². The topological polar surface area (TPSA) is 58.1 Å². The van der Waals surface area contributed by atoms with Crippen molar-refractivity contribution in [3.63, 3.8) is 0 Å². The predicted octanol–water partition coefficient (Wildman–Crippen LogP) is 3.34. The van der Waals surface area contributed by atoms with E-state index in [1.54, 1.807) is 12.4 Å². The summed E-state index contributed by atoms with van der Waals surface area (Å²) in [5.74, 6) is 1.20. The smallest absolute Gasteiger partial charge is 0.271 e. The zero-order chi connectivity index (χ0) is 16.9. The number of para-hydroxylation sites is 1. The van der Waals surface area contributed by atoms with Crippen molar-refractivity contribution < 1.29 is 4.79 Å². The minimum absolute atomic E-state index is 0.159. The Hall–Kier alpha value is -2.43. The Bertz CT molecular complexity index is 697. The lowest BCUT2D eigenvalue weighted by molar-refractivity contribution is 0.0946. The molecule has 126 valence electrons. The molecule has 2 heterocycles. The van der Waals surface area contributed by atoms with Crippen LogP contribution < -0.4 is 10.2 Å². The molecular weight excluding hydrogens is 300 g/mol. The van der Waals surface area contributed by atoms with Crippen LogP contribution in [-0.2, 0) is 6.42 Å². The number of benzene rings is 1. The van der Waals surface area contributed by atoms with Gasteiger partial charge in [0.1, 0.15) is 5.69 Å². The number of aromatic nitrogens is 2. The molecule has 1 aliphatic heterocycles. The Balaban J connectivity index is 1.70. The second kappa shape index (κ2) is 7.43. The van der Waals surface area contributed by atoms with Gasteiger partial charge in [-0.15, -0.1) is 0 Å². The molecule has 1 aromatic carbocycles. The molecule has 1 N–H and O–H groups in total. The maximum Gasteiger partial charge on any atom is 0.271 e. The van der Waals surface area contributed by atoms with Crippen molar-refractivity contribution in [2.24, 2.45) is 5.92 Å². The highest BCUT2D eigenvalue weighted by molar-refractivity contribution is 5.92. The van der Waals surface area contributed by atoms with E-state index in [0.29, 0.717) is 18.2 Å². The van der Waals surface area contributed by atoms with E-state index in [1.807, 2.05) is 6.07 Å². The summed E-state index contributed by atoms with van der Waals surface area (Å²) in [7, 11) is 0. The summed E-state index contributed by atoms with van der Waals surface area (Å²) in [6.45, 7) is 5.86. The molecule has 0 fully saturated rings. The Morgan fingerprint density at radius 2 is 2.08 bits per heavy atom. The molecule has 0 atom stereocenters. The van der Waals surface area contributed by atoms with Gasteiger partial charge in [-0.2, -0.15) is 0 Å². The zero-order valence-electron chi connectivity index (χ0n) is 14.3. The monoisotopic (exact) mass is 324 g/mol. The Morgan fingerprint density at radius 1 is 1.25 bits per heavy atom. The van der Waals surface area contributed by atoms with Gasteiger partial charge in [0, 0.05) is 18.8 Å². The summed E-state index contributed by atoms with van der Waals surface area (Å²) in [6.07, 6.45) is 6.41. The average molecular weight is 324 g/mol. The molecule has 1 aliphatic rings. The number of rotatable bonds is 5. The number of carbonyl (C=O) groups excluding carboxylic acids is 1. The van der Waals surface area contributed by atoms with E-state index in [4.69, 9.17) is 0 Å². The third-order valence-electron chi connectivity index (χ3n) is 4.26. The third-order valence-corrected chi connectivity index (χ3v) is 4.26. The lowest BCUT2D eigenvalue weighted by Gasteiger charge is -2.30. The fourth-order valence-electron chi connectivity index (χ4n) is 2.91. The molecule has 1 aromatic heterocycles. The zero-order valence-corrected chi connectivity index (χ0v) is 14.3. The van der Waals surface area contributed by atoms with Crippen molar-refractivity contribution in [2.45, 2.75) is 33.1 Å². The highest BCUT2D eigenvalue weighted by Crippen LogP contribution is 2.31. The molecular formula is C19H24N4O. The van der Waals surface area contributed by atoms with Crippen LogP contribution in [0.1, 0.15) is 42.7 Å². The molecule has 0 aliphatic carbocycles. The number of hydrogen-bond donors (Lipinski definition) is 1. The number of nitrogens with one attached hydrogen (secondary N) is 1. The second-order valence-electron chi connectivity index (χ2n) is 6.58. The van der Waals surface area contributed by atoms with Crippen molar-refractivity contribution >= 4 is 17.4 Å². The standard InChI is InChI=1S/C19H24N4O/c1-14(2)9-10-20-19(24)16-12-22-18(13-21-16)23-11-5-7-15-6-3-4-8-17(15)23/h3-4,6,8,12-14H,5,7,9-11H2,1-2H3,(H,20,24). The van der Waals surface area contributed by atoms with Gasteiger partial charge in [0.05, 0.1) is 12.4 Å². The summed E-state index contributed by atoms with van der Waals surface area (Å²) < 4.78 is 0. The number of anilines is 2. The van der Waals surface area contributed by atoms with Crippen molar-refractivity contribution in [3.05, 3.63) is 47.9 Å². The van der Waals surface area contributed by atoms with E-state index >= 15 is 0 Å². The molecule has 1 amide bonds. The number of carbonyl (C=O) groups is 1. The van der Waals surface area contributed by atoms with Crippen LogP contribution in [0.15, 0.2) is 36.7 Å². The van der Waals surface area contributed by atoms with Gasteiger partial charge in [-0.1, -0.05) is 32.0 Å². The lowest BCUT2D eigenvalue weighted by Crippen LogP contribution is -2.28. The average Bonchev–Trinajstić information content (AvgIpc) is 2.61. The SMILES string of the molecule is CC(C)CCNC(=O)c1cnc(N2CCCc3ccccc32)cn1. The van der Waals surface area contributed by atoms with Crippen LogP contribution in [0.5, 0.6) is 0 Å². The van der Waals surface area contributed by atoms with Crippen LogP contribution in [0.25, 0.3) is 0 Å². The number of fused-ring (bicyclic) bond motifs is 1. The molecule has 0 bridgehead atoms. The van der Waals surface area contributed by atoms with Gasteiger partial charge in [-0.3, -0.25) is 4.79 Å². The summed E-state index contributed by atoms with van der Waals surface area (Å²) in [5, 5.41) is 2.89. The second-order valence-corrected chi connectivity index (χ2v) is 6.58. The lowest BCUT2D eigenvalue weighted by atomic mass is 10.0. The van der Waals surface area contributed by atoms with Crippen LogP contribution >= 0.6 is 0 Å². The van der Waals surface area contributed by atoms with Crippen molar-refractivity contribution in [3.8, 4) is 0 Å². The predicted molar refractivity (Wildman–Crippen MR) is 95.6 cm³/mol. The summed E-state index contributed by atoms with van der Waals surface area (Å²) >= 11 is 0. The van der Waals surface area contributed by atoms with E-state index in [1.165, 1.54) is 11.3 Å². The van der Waals surface area contributed by atoms with Crippen LogP contribution in [-0.4, -0.2) is 29.0 Å². The molecule has 24 heavy (non-hydrogen) atoms. The molecule has 5 heteroatoms. The van der Waals surface area contributed by atoms with Crippen molar-refractivity contribution in [1.82, 2.24) is 15.3 Å². The largest absolute Gasteiger partial charge is 0.351 e. The molecule has 0 spiro atoms. The number of aryl methyl sites for hydroxylation is 1. The highest BCUT2D eigenvalue weighted by atomic mass is 16.1. The van der Waals surface area contributed by atoms with Crippen molar-refractivity contribution in [2.75, 3.05) is 18.0 Å². The van der Waals surface area contributed by atoms with Gasteiger partial charge in [0.2, 0.25) is 0 Å².